The Bertz CT molecular complexity index is 1340. The minimum atomic E-state index is -0.439. The quantitative estimate of drug-likeness (QED) is 0.320. The number of amides is 1. The maximum atomic E-state index is 13.0. The summed E-state index contributed by atoms with van der Waals surface area (Å²) in [5, 5.41) is 16.7. The molecule has 1 saturated heterocycles. The van der Waals surface area contributed by atoms with Crippen LogP contribution < -0.4 is 10.6 Å². The van der Waals surface area contributed by atoms with E-state index in [4.69, 9.17) is 0 Å². The molecule has 0 saturated carbocycles. The number of likely N-dealkylation sites (tertiary alicyclic amines) is 1. The van der Waals surface area contributed by atoms with Gasteiger partial charge in [0.2, 0.25) is 0 Å². The van der Waals surface area contributed by atoms with Crippen LogP contribution in [0.2, 0.25) is 0 Å². The van der Waals surface area contributed by atoms with Crippen LogP contribution in [-0.2, 0) is 0 Å². The van der Waals surface area contributed by atoms with Gasteiger partial charge >= 0.3 is 0 Å². The predicted octanol–water partition coefficient (Wildman–Crippen LogP) is 4.77. The molecule has 4 heterocycles. The van der Waals surface area contributed by atoms with E-state index in [1.165, 1.54) is 0 Å². The van der Waals surface area contributed by atoms with Gasteiger partial charge < -0.3 is 25.6 Å². The fourth-order valence-corrected chi connectivity index (χ4v) is 4.99. The zero-order chi connectivity index (χ0) is 23.8. The van der Waals surface area contributed by atoms with Crippen LogP contribution in [0.3, 0.4) is 0 Å². The fraction of sp³-hybridized carbons (Fsp3) is 0.320. The van der Waals surface area contributed by atoms with E-state index in [-0.39, 0.29) is 11.9 Å². The molecule has 0 aliphatic carbocycles. The van der Waals surface area contributed by atoms with Crippen LogP contribution >= 0.6 is 11.3 Å². The Hall–Kier alpha value is -3.43. The van der Waals surface area contributed by atoms with Gasteiger partial charge in [-0.3, -0.25) is 4.79 Å². The number of aryl methyl sites for hydroxylation is 1. The Morgan fingerprint density at radius 3 is 2.88 bits per heavy atom. The molecule has 1 aliphatic heterocycles. The number of aromatic nitrogens is 3. The lowest BCUT2D eigenvalue weighted by molar-refractivity contribution is 0.0764. The molecule has 0 radical (unpaired) electrons. The predicted molar refractivity (Wildman–Crippen MR) is 137 cm³/mol. The number of aliphatic hydroxyl groups is 1. The summed E-state index contributed by atoms with van der Waals surface area (Å²) in [6, 6.07) is 10.1. The van der Waals surface area contributed by atoms with Gasteiger partial charge in [0.15, 0.2) is 0 Å². The molecule has 176 valence electrons. The topological polar surface area (TPSA) is 106 Å². The Kier molecular flexibility index (Phi) is 5.97. The largest absolute Gasteiger partial charge is 0.391 e. The number of β-amino-alcohol motifs (C(OH)–C–C–N with tert-alkyl or cyclic N) is 1. The molecule has 34 heavy (non-hydrogen) atoms. The number of fused-ring (bicyclic) bond motifs is 1. The van der Waals surface area contributed by atoms with Gasteiger partial charge in [0.25, 0.3) is 5.91 Å². The normalized spacial score (nSPS) is 15.9. The van der Waals surface area contributed by atoms with Crippen LogP contribution in [0.15, 0.2) is 42.0 Å². The first-order valence-electron chi connectivity index (χ1n) is 11.4. The summed E-state index contributed by atoms with van der Waals surface area (Å²) in [6.45, 7) is 7.03. The molecule has 1 amide bonds. The summed E-state index contributed by atoms with van der Waals surface area (Å²) in [5.74, 6) is 0.668. The van der Waals surface area contributed by atoms with Crippen molar-refractivity contribution in [2.45, 2.75) is 39.3 Å². The van der Waals surface area contributed by atoms with Crippen LogP contribution in [0.25, 0.3) is 21.5 Å². The third-order valence-corrected chi connectivity index (χ3v) is 6.73. The van der Waals surface area contributed by atoms with Crippen molar-refractivity contribution in [3.05, 3.63) is 53.3 Å². The summed E-state index contributed by atoms with van der Waals surface area (Å²) >= 11 is 1.61. The van der Waals surface area contributed by atoms with Gasteiger partial charge in [-0.05, 0) is 51.5 Å². The molecule has 0 unspecified atom stereocenters. The number of pyridine rings is 1. The lowest BCUT2D eigenvalue weighted by Crippen LogP contribution is -2.29. The van der Waals surface area contributed by atoms with Crippen molar-refractivity contribution < 1.29 is 9.90 Å². The zero-order valence-corrected chi connectivity index (χ0v) is 20.2. The van der Waals surface area contributed by atoms with Crippen LogP contribution in [-0.4, -0.2) is 56.1 Å². The van der Waals surface area contributed by atoms with Gasteiger partial charge in [-0.1, -0.05) is 0 Å². The summed E-state index contributed by atoms with van der Waals surface area (Å²) in [6.07, 6.45) is 2.00. The van der Waals surface area contributed by atoms with Crippen LogP contribution in [0.4, 0.5) is 17.2 Å². The smallest absolute Gasteiger partial charge is 0.255 e. The second-order valence-corrected chi connectivity index (χ2v) is 9.88. The molecule has 5 rings (SSSR count). The number of nitrogens with one attached hydrogen (secondary N) is 3. The van der Waals surface area contributed by atoms with Crippen LogP contribution in [0, 0.1) is 6.92 Å². The second-order valence-electron chi connectivity index (χ2n) is 8.99. The van der Waals surface area contributed by atoms with Crippen molar-refractivity contribution in [1.82, 2.24) is 19.9 Å². The number of H-pyrrole nitrogens is 1. The van der Waals surface area contributed by atoms with Crippen molar-refractivity contribution in [2.75, 3.05) is 23.7 Å². The molecule has 4 N–H and O–H groups in total. The van der Waals surface area contributed by atoms with Gasteiger partial charge in [0, 0.05) is 54.0 Å². The van der Waals surface area contributed by atoms with Crippen LogP contribution in [0.1, 0.15) is 36.3 Å². The molecule has 9 heteroatoms. The lowest BCUT2D eigenvalue weighted by atomic mass is 10.1. The number of hydrogen-bond donors (Lipinski definition) is 4. The van der Waals surface area contributed by atoms with Gasteiger partial charge in [-0.2, -0.15) is 0 Å². The number of benzene rings is 1. The van der Waals surface area contributed by atoms with Crippen molar-refractivity contribution in [3.8, 4) is 11.3 Å². The van der Waals surface area contributed by atoms with E-state index >= 15 is 0 Å². The Labute approximate surface area is 202 Å². The monoisotopic (exact) mass is 476 g/mol. The molecule has 1 atom stereocenters. The third-order valence-electron chi connectivity index (χ3n) is 5.94. The van der Waals surface area contributed by atoms with E-state index in [2.05, 4.69) is 45.5 Å². The maximum Gasteiger partial charge on any atom is 0.255 e. The fourth-order valence-electron chi connectivity index (χ4n) is 4.27. The van der Waals surface area contributed by atoms with Crippen molar-refractivity contribution in [1.29, 1.82) is 0 Å². The van der Waals surface area contributed by atoms with Crippen molar-refractivity contribution in [2.24, 2.45) is 0 Å². The van der Waals surface area contributed by atoms with E-state index in [0.717, 1.165) is 44.4 Å². The van der Waals surface area contributed by atoms with Gasteiger partial charge in [0.1, 0.15) is 5.82 Å². The molecular weight excluding hydrogens is 448 g/mol. The standard InChI is InChI=1S/C25H28N6O2S/c1-14(2)28-22-10-24(30-16-4-5-20-23(8-16)34-13-27-20)26-11-19(22)21-9-18(15(3)29-21)25(33)31-7-6-17(32)12-31/h4-5,8-11,13-14,17,29,32H,6-7,12H2,1-3H3,(H2,26,28,30)/t17-/m1/s1. The Balaban J connectivity index is 1.44. The molecule has 1 fully saturated rings. The molecule has 1 aromatic carbocycles. The molecule has 3 aromatic heterocycles. The molecule has 8 nitrogen and oxygen atoms in total. The third kappa shape index (κ3) is 4.49. The van der Waals surface area contributed by atoms with E-state index in [1.807, 2.05) is 42.9 Å². The highest BCUT2D eigenvalue weighted by Crippen LogP contribution is 2.32. The molecule has 0 spiro atoms. The number of carbonyl (C=O) groups is 1. The first-order chi connectivity index (χ1) is 16.4. The summed E-state index contributed by atoms with van der Waals surface area (Å²) in [5.41, 5.74) is 7.84. The maximum absolute atomic E-state index is 13.0. The van der Waals surface area contributed by atoms with Crippen molar-refractivity contribution >= 4 is 44.7 Å². The average Bonchev–Trinajstić information content (AvgIpc) is 3.52. The number of hydrogen-bond acceptors (Lipinski definition) is 7. The van der Waals surface area contributed by atoms with Gasteiger partial charge in [0.05, 0.1) is 33.1 Å². The number of aromatic amines is 1. The van der Waals surface area contributed by atoms with Gasteiger partial charge in [-0.25, -0.2) is 9.97 Å². The SMILES string of the molecule is Cc1[nH]c(-c2cnc(Nc3ccc4ncsc4c3)cc2NC(C)C)cc1C(=O)N1CC[C@@H](O)C1. The van der Waals surface area contributed by atoms with E-state index < -0.39 is 6.10 Å². The minimum Gasteiger partial charge on any atom is -0.391 e. The zero-order valence-electron chi connectivity index (χ0n) is 19.4. The number of carbonyl (C=O) groups excluding carboxylic acids is 1. The lowest BCUT2D eigenvalue weighted by Gasteiger charge is -2.16. The Morgan fingerprint density at radius 1 is 1.26 bits per heavy atom. The summed E-state index contributed by atoms with van der Waals surface area (Å²) < 4.78 is 1.12. The first-order valence-corrected chi connectivity index (χ1v) is 12.3. The Morgan fingerprint density at radius 2 is 2.12 bits per heavy atom. The molecule has 0 bridgehead atoms. The number of aliphatic hydroxyl groups excluding tert-OH is 1. The molecular formula is C25H28N6O2S. The molecule has 4 aromatic rings. The van der Waals surface area contributed by atoms with E-state index in [0.29, 0.717) is 25.1 Å². The number of anilines is 3. The minimum absolute atomic E-state index is 0.0559. The number of nitrogens with zero attached hydrogens (tertiary/aromatic N) is 3. The summed E-state index contributed by atoms with van der Waals surface area (Å²) in [7, 11) is 0. The first kappa shape index (κ1) is 22.4. The summed E-state index contributed by atoms with van der Waals surface area (Å²) in [4.78, 5) is 27.1. The van der Waals surface area contributed by atoms with E-state index in [9.17, 15) is 9.90 Å². The second kappa shape index (κ2) is 9.08. The highest BCUT2D eigenvalue weighted by molar-refractivity contribution is 7.16. The average molecular weight is 477 g/mol. The van der Waals surface area contributed by atoms with Gasteiger partial charge in [-0.15, -0.1) is 11.3 Å². The number of rotatable bonds is 6. The highest BCUT2D eigenvalue weighted by atomic mass is 32.1. The number of thiazole rings is 1. The van der Waals surface area contributed by atoms with Crippen LogP contribution in [0.5, 0.6) is 0 Å². The van der Waals surface area contributed by atoms with Crippen molar-refractivity contribution in [3.63, 3.8) is 0 Å². The highest BCUT2D eigenvalue weighted by Gasteiger charge is 2.27. The molecule has 1 aliphatic rings. The van der Waals surface area contributed by atoms with E-state index in [1.54, 1.807) is 16.2 Å².